The van der Waals surface area contributed by atoms with Crippen molar-refractivity contribution in [1.82, 2.24) is 0 Å². The van der Waals surface area contributed by atoms with Crippen molar-refractivity contribution < 1.29 is 19.0 Å². The summed E-state index contributed by atoms with van der Waals surface area (Å²) >= 11 is 0. The summed E-state index contributed by atoms with van der Waals surface area (Å²) in [6, 6.07) is 24.3. The highest BCUT2D eigenvalue weighted by Gasteiger charge is 2.21. The molecule has 3 aromatic rings. The van der Waals surface area contributed by atoms with Gasteiger partial charge < -0.3 is 14.2 Å². The minimum atomic E-state index is -0.498. The number of ether oxygens (including phenoxy) is 3. The summed E-state index contributed by atoms with van der Waals surface area (Å²) in [6.07, 6.45) is -0.498. The van der Waals surface area contributed by atoms with Crippen LogP contribution < -0.4 is 9.47 Å². The number of esters is 1. The highest BCUT2D eigenvalue weighted by atomic mass is 16.5. The quantitative estimate of drug-likeness (QED) is 0.608. The molecule has 0 aromatic heterocycles. The van der Waals surface area contributed by atoms with Crippen LogP contribution in [0.1, 0.15) is 27.6 Å². The molecule has 0 amide bonds. The summed E-state index contributed by atoms with van der Waals surface area (Å²) in [5.41, 5.74) is 2.18. The lowest BCUT2D eigenvalue weighted by atomic mass is 10.0. The Hall–Kier alpha value is -3.27. The first-order valence-electron chi connectivity index (χ1n) is 8.25. The number of methoxy groups -OCH3 is 2. The normalized spacial score (nSPS) is 10.4. The molecule has 0 aliphatic heterocycles. The lowest BCUT2D eigenvalue weighted by molar-refractivity contribution is 0.0377. The second-order valence-electron chi connectivity index (χ2n) is 5.71. The van der Waals surface area contributed by atoms with Gasteiger partial charge in [-0.3, -0.25) is 0 Å². The van der Waals surface area contributed by atoms with Crippen molar-refractivity contribution in [3.05, 3.63) is 95.6 Å². The number of carbonyl (C=O) groups is 1. The van der Waals surface area contributed by atoms with E-state index >= 15 is 0 Å². The summed E-state index contributed by atoms with van der Waals surface area (Å²) in [7, 11) is 3.08. The van der Waals surface area contributed by atoms with Crippen LogP contribution in [0.2, 0.25) is 0 Å². The molecule has 0 spiro atoms. The van der Waals surface area contributed by atoms with E-state index in [9.17, 15) is 4.79 Å². The largest absolute Gasteiger partial charge is 0.497 e. The summed E-state index contributed by atoms with van der Waals surface area (Å²) in [4.78, 5) is 12.8. The van der Waals surface area contributed by atoms with Crippen LogP contribution in [-0.2, 0) is 4.74 Å². The molecule has 3 aromatic carbocycles. The van der Waals surface area contributed by atoms with E-state index in [1.807, 2.05) is 60.7 Å². The predicted octanol–water partition coefficient (Wildman–Crippen LogP) is 4.65. The van der Waals surface area contributed by atoms with Gasteiger partial charge in [0.2, 0.25) is 0 Å². The van der Waals surface area contributed by atoms with Crippen molar-refractivity contribution in [1.29, 1.82) is 0 Å². The van der Waals surface area contributed by atoms with Crippen molar-refractivity contribution in [3.63, 3.8) is 0 Å². The number of carbonyl (C=O) groups excluding carboxylic acids is 1. The fourth-order valence-corrected chi connectivity index (χ4v) is 2.68. The van der Waals surface area contributed by atoms with Crippen LogP contribution in [0.4, 0.5) is 0 Å². The van der Waals surface area contributed by atoms with E-state index in [2.05, 4.69) is 0 Å². The van der Waals surface area contributed by atoms with Crippen molar-refractivity contribution in [3.8, 4) is 11.5 Å². The van der Waals surface area contributed by atoms with Gasteiger partial charge in [-0.25, -0.2) is 4.79 Å². The first-order chi connectivity index (χ1) is 12.7. The summed E-state index contributed by atoms with van der Waals surface area (Å²) < 4.78 is 16.3. The van der Waals surface area contributed by atoms with Gasteiger partial charge in [-0.1, -0.05) is 60.7 Å². The minimum Gasteiger partial charge on any atom is -0.497 e. The average Bonchev–Trinajstić information content (AvgIpc) is 2.72. The predicted molar refractivity (Wildman–Crippen MR) is 99.7 cm³/mol. The third kappa shape index (κ3) is 4.03. The molecule has 0 aliphatic carbocycles. The van der Waals surface area contributed by atoms with E-state index < -0.39 is 12.1 Å². The SMILES string of the molecule is COc1cc(OC)cc(C(=O)OC(c2ccccc2)c2ccccc2)c1. The van der Waals surface area contributed by atoms with Crippen LogP contribution in [0.15, 0.2) is 78.9 Å². The molecular formula is C22H20O4. The number of hydrogen-bond donors (Lipinski definition) is 0. The zero-order valence-corrected chi connectivity index (χ0v) is 14.7. The van der Waals surface area contributed by atoms with Crippen LogP contribution in [0.25, 0.3) is 0 Å². The van der Waals surface area contributed by atoms with E-state index in [1.54, 1.807) is 32.4 Å². The van der Waals surface area contributed by atoms with Crippen LogP contribution in [-0.4, -0.2) is 20.2 Å². The third-order valence-corrected chi connectivity index (χ3v) is 4.02. The highest BCUT2D eigenvalue weighted by molar-refractivity contribution is 5.90. The van der Waals surface area contributed by atoms with Gasteiger partial charge in [-0.15, -0.1) is 0 Å². The molecule has 0 atom stereocenters. The van der Waals surface area contributed by atoms with Gasteiger partial charge in [-0.2, -0.15) is 0 Å². The van der Waals surface area contributed by atoms with E-state index in [4.69, 9.17) is 14.2 Å². The monoisotopic (exact) mass is 348 g/mol. The van der Waals surface area contributed by atoms with Crippen molar-refractivity contribution in [2.75, 3.05) is 14.2 Å². The van der Waals surface area contributed by atoms with E-state index in [-0.39, 0.29) is 0 Å². The standard InChI is InChI=1S/C22H20O4/c1-24-19-13-18(14-20(15-19)25-2)22(23)26-21(16-9-5-3-6-10-16)17-11-7-4-8-12-17/h3-15,21H,1-2H3. The van der Waals surface area contributed by atoms with Gasteiger partial charge in [0.1, 0.15) is 11.5 Å². The maximum absolute atomic E-state index is 12.8. The second kappa shape index (κ2) is 8.21. The molecule has 4 heteroatoms. The lowest BCUT2D eigenvalue weighted by Gasteiger charge is -2.19. The minimum absolute atomic E-state index is 0.373. The van der Waals surface area contributed by atoms with Crippen LogP contribution in [0, 0.1) is 0 Å². The molecule has 132 valence electrons. The van der Waals surface area contributed by atoms with Gasteiger partial charge in [-0.05, 0) is 23.3 Å². The molecule has 0 unspecified atom stereocenters. The number of rotatable bonds is 6. The van der Waals surface area contributed by atoms with E-state index in [0.717, 1.165) is 11.1 Å². The van der Waals surface area contributed by atoms with Crippen molar-refractivity contribution >= 4 is 5.97 Å². The molecule has 0 saturated carbocycles. The zero-order valence-electron chi connectivity index (χ0n) is 14.7. The molecule has 3 rings (SSSR count). The van der Waals surface area contributed by atoms with Crippen LogP contribution in [0.3, 0.4) is 0 Å². The Morgan fingerprint density at radius 3 is 1.62 bits per heavy atom. The summed E-state index contributed by atoms with van der Waals surface area (Å²) in [5.74, 6) is 0.624. The third-order valence-electron chi connectivity index (χ3n) is 4.02. The molecule has 26 heavy (non-hydrogen) atoms. The Balaban J connectivity index is 1.93. The van der Waals surface area contributed by atoms with E-state index in [1.165, 1.54) is 0 Å². The lowest BCUT2D eigenvalue weighted by Crippen LogP contribution is -2.13. The van der Waals surface area contributed by atoms with Crippen LogP contribution in [0.5, 0.6) is 11.5 Å². The number of hydrogen-bond acceptors (Lipinski definition) is 4. The van der Waals surface area contributed by atoms with Gasteiger partial charge in [0.25, 0.3) is 0 Å². The fourth-order valence-electron chi connectivity index (χ4n) is 2.68. The maximum atomic E-state index is 12.8. The van der Waals surface area contributed by atoms with Gasteiger partial charge in [0.05, 0.1) is 19.8 Å². The summed E-state index contributed by atoms with van der Waals surface area (Å²) in [5, 5.41) is 0. The maximum Gasteiger partial charge on any atom is 0.339 e. The Morgan fingerprint density at radius 2 is 1.19 bits per heavy atom. The molecule has 0 N–H and O–H groups in total. The number of benzene rings is 3. The Kier molecular flexibility index (Phi) is 5.54. The molecule has 0 heterocycles. The molecule has 4 nitrogen and oxygen atoms in total. The van der Waals surface area contributed by atoms with Gasteiger partial charge >= 0.3 is 5.97 Å². The van der Waals surface area contributed by atoms with Crippen molar-refractivity contribution in [2.45, 2.75) is 6.10 Å². The Morgan fingerprint density at radius 1 is 0.731 bits per heavy atom. The van der Waals surface area contributed by atoms with Crippen LogP contribution >= 0.6 is 0 Å². The molecule has 0 bridgehead atoms. The van der Waals surface area contributed by atoms with E-state index in [0.29, 0.717) is 17.1 Å². The second-order valence-corrected chi connectivity index (χ2v) is 5.71. The Labute approximate surface area is 153 Å². The molecular weight excluding hydrogens is 328 g/mol. The topological polar surface area (TPSA) is 44.8 Å². The Bertz CT molecular complexity index is 798. The molecule has 0 fully saturated rings. The first kappa shape index (κ1) is 17.5. The molecule has 0 saturated heterocycles. The fraction of sp³-hybridized carbons (Fsp3) is 0.136. The first-order valence-corrected chi connectivity index (χ1v) is 8.25. The molecule has 0 radical (unpaired) electrons. The molecule has 0 aliphatic rings. The zero-order chi connectivity index (χ0) is 18.4. The average molecular weight is 348 g/mol. The highest BCUT2D eigenvalue weighted by Crippen LogP contribution is 2.29. The van der Waals surface area contributed by atoms with Crippen molar-refractivity contribution in [2.24, 2.45) is 0 Å². The smallest absolute Gasteiger partial charge is 0.339 e. The summed E-state index contributed by atoms with van der Waals surface area (Å²) in [6.45, 7) is 0. The van der Waals surface area contributed by atoms with Gasteiger partial charge in [0.15, 0.2) is 6.10 Å². The van der Waals surface area contributed by atoms with Gasteiger partial charge in [0, 0.05) is 6.07 Å².